The summed E-state index contributed by atoms with van der Waals surface area (Å²) in [6, 6.07) is 0.616. The van der Waals surface area contributed by atoms with Crippen LogP contribution in [0.4, 0.5) is 0 Å². The van der Waals surface area contributed by atoms with E-state index in [1.165, 1.54) is 51.4 Å². The van der Waals surface area contributed by atoms with Crippen LogP contribution in [0.5, 0.6) is 0 Å². The zero-order valence-corrected chi connectivity index (χ0v) is 15.2. The first-order valence-electron chi connectivity index (χ1n) is 9.39. The van der Waals surface area contributed by atoms with Crippen molar-refractivity contribution in [1.29, 1.82) is 0 Å². The zero-order chi connectivity index (χ0) is 15.4. The highest BCUT2D eigenvalue weighted by molar-refractivity contribution is 5.85. The molecule has 5 heteroatoms. The number of rotatable bonds is 5. The van der Waals surface area contributed by atoms with Gasteiger partial charge in [0, 0.05) is 12.6 Å². The van der Waals surface area contributed by atoms with Crippen molar-refractivity contribution in [2.75, 3.05) is 13.2 Å². The van der Waals surface area contributed by atoms with Gasteiger partial charge in [0.1, 0.15) is 0 Å². The number of hydrogen-bond donors (Lipinski definition) is 2. The van der Waals surface area contributed by atoms with Gasteiger partial charge in [-0.25, -0.2) is 0 Å². The molecular weight excluding hydrogens is 312 g/mol. The Bertz CT molecular complexity index is 366. The van der Waals surface area contributed by atoms with E-state index < -0.39 is 0 Å². The molecule has 0 spiro atoms. The monoisotopic (exact) mass is 344 g/mol. The van der Waals surface area contributed by atoms with Crippen molar-refractivity contribution in [3.63, 3.8) is 0 Å². The zero-order valence-electron chi connectivity index (χ0n) is 14.4. The maximum Gasteiger partial charge on any atom is 0.237 e. The van der Waals surface area contributed by atoms with Crippen LogP contribution >= 0.6 is 12.4 Å². The minimum absolute atomic E-state index is 0. The van der Waals surface area contributed by atoms with E-state index in [-0.39, 0.29) is 24.4 Å². The Morgan fingerprint density at radius 3 is 2.65 bits per heavy atom. The second-order valence-electron chi connectivity index (χ2n) is 7.57. The molecule has 134 valence electrons. The number of carbonyl (C=O) groups is 1. The molecule has 0 radical (unpaired) electrons. The quantitative estimate of drug-likeness (QED) is 0.754. The molecule has 0 aromatic carbocycles. The summed E-state index contributed by atoms with van der Waals surface area (Å²) in [5.41, 5.74) is 0. The van der Waals surface area contributed by atoms with Crippen molar-refractivity contribution in [2.45, 2.75) is 82.9 Å². The molecule has 5 unspecified atom stereocenters. The smallest absolute Gasteiger partial charge is 0.237 e. The molecule has 2 aliphatic carbocycles. The molecule has 1 aliphatic heterocycles. The molecule has 4 nitrogen and oxygen atoms in total. The molecule has 0 aromatic heterocycles. The lowest BCUT2D eigenvalue weighted by Crippen LogP contribution is -2.44. The molecule has 1 heterocycles. The Hall–Kier alpha value is -0.320. The van der Waals surface area contributed by atoms with Crippen LogP contribution in [0.3, 0.4) is 0 Å². The second-order valence-corrected chi connectivity index (χ2v) is 7.57. The van der Waals surface area contributed by atoms with E-state index in [4.69, 9.17) is 4.74 Å². The van der Waals surface area contributed by atoms with Gasteiger partial charge in [0.15, 0.2) is 0 Å². The number of ether oxygens (including phenoxy) is 1. The molecule has 3 fully saturated rings. The second kappa shape index (κ2) is 9.24. The molecule has 3 aliphatic rings. The van der Waals surface area contributed by atoms with Crippen molar-refractivity contribution in [3.8, 4) is 0 Å². The Morgan fingerprint density at radius 1 is 1.13 bits per heavy atom. The highest BCUT2D eigenvalue weighted by Gasteiger charge is 2.37. The summed E-state index contributed by atoms with van der Waals surface area (Å²) >= 11 is 0. The minimum atomic E-state index is 0. The van der Waals surface area contributed by atoms with Crippen LogP contribution in [0.15, 0.2) is 0 Å². The number of hydrogen-bond acceptors (Lipinski definition) is 3. The number of halogens is 1. The lowest BCUT2D eigenvalue weighted by Gasteiger charge is -2.28. The summed E-state index contributed by atoms with van der Waals surface area (Å²) in [7, 11) is 0. The predicted octanol–water partition coefficient (Wildman–Crippen LogP) is 3.04. The molecule has 1 saturated heterocycles. The maximum absolute atomic E-state index is 12.3. The van der Waals surface area contributed by atoms with E-state index in [1.807, 2.05) is 0 Å². The number of amides is 1. The summed E-state index contributed by atoms with van der Waals surface area (Å²) < 4.78 is 5.97. The van der Waals surface area contributed by atoms with Crippen LogP contribution in [0.2, 0.25) is 0 Å². The standard InChI is InChI=1S/C18H32N2O2.ClH/c1-13-6-2-5-9-17(13)22-11-10-19-18(21)16-12-14-7-3-4-8-15(14)20-16;/h13-17,20H,2-12H2,1H3,(H,19,21);1H. The van der Waals surface area contributed by atoms with Crippen molar-refractivity contribution < 1.29 is 9.53 Å². The summed E-state index contributed by atoms with van der Waals surface area (Å²) in [4.78, 5) is 12.3. The molecule has 3 rings (SSSR count). The molecule has 0 aromatic rings. The average molecular weight is 345 g/mol. The summed E-state index contributed by atoms with van der Waals surface area (Å²) in [5, 5.41) is 6.60. The van der Waals surface area contributed by atoms with E-state index in [0.717, 1.165) is 12.3 Å². The fourth-order valence-corrected chi connectivity index (χ4v) is 4.56. The third-order valence-electron chi connectivity index (χ3n) is 5.95. The van der Waals surface area contributed by atoms with E-state index in [9.17, 15) is 4.79 Å². The van der Waals surface area contributed by atoms with Gasteiger partial charge in [-0.3, -0.25) is 4.79 Å². The Balaban J connectivity index is 0.00000192. The summed E-state index contributed by atoms with van der Waals surface area (Å²) in [5.74, 6) is 1.57. The van der Waals surface area contributed by atoms with E-state index in [0.29, 0.717) is 31.2 Å². The lowest BCUT2D eigenvalue weighted by atomic mass is 9.85. The Kier molecular flexibility index (Phi) is 7.64. The van der Waals surface area contributed by atoms with Gasteiger partial charge in [0.2, 0.25) is 5.91 Å². The normalized spacial score (nSPS) is 36.8. The Labute approximate surface area is 146 Å². The van der Waals surface area contributed by atoms with Gasteiger partial charge in [-0.2, -0.15) is 0 Å². The third-order valence-corrected chi connectivity index (χ3v) is 5.95. The lowest BCUT2D eigenvalue weighted by molar-refractivity contribution is -0.123. The summed E-state index contributed by atoms with van der Waals surface area (Å²) in [6.07, 6.45) is 11.7. The number of fused-ring (bicyclic) bond motifs is 1. The molecule has 0 bridgehead atoms. The average Bonchev–Trinajstić information content (AvgIpc) is 2.97. The molecule has 1 amide bonds. The van der Waals surface area contributed by atoms with E-state index in [1.54, 1.807) is 0 Å². The fraction of sp³-hybridized carbons (Fsp3) is 0.944. The molecule has 2 N–H and O–H groups in total. The van der Waals surface area contributed by atoms with Gasteiger partial charge in [-0.15, -0.1) is 12.4 Å². The molecule has 23 heavy (non-hydrogen) atoms. The van der Waals surface area contributed by atoms with E-state index in [2.05, 4.69) is 17.6 Å². The molecular formula is C18H33ClN2O2. The van der Waals surface area contributed by atoms with E-state index >= 15 is 0 Å². The predicted molar refractivity (Wildman–Crippen MR) is 94.9 cm³/mol. The van der Waals surface area contributed by atoms with Gasteiger partial charge in [-0.1, -0.05) is 32.6 Å². The largest absolute Gasteiger partial charge is 0.376 e. The van der Waals surface area contributed by atoms with Crippen LogP contribution in [-0.4, -0.2) is 37.2 Å². The van der Waals surface area contributed by atoms with Crippen LogP contribution in [0.1, 0.15) is 64.7 Å². The first kappa shape index (κ1) is 19.0. The van der Waals surface area contributed by atoms with Crippen molar-refractivity contribution in [2.24, 2.45) is 11.8 Å². The minimum Gasteiger partial charge on any atom is -0.376 e. The highest BCUT2D eigenvalue weighted by atomic mass is 35.5. The van der Waals surface area contributed by atoms with Gasteiger partial charge >= 0.3 is 0 Å². The molecule has 2 saturated carbocycles. The Morgan fingerprint density at radius 2 is 1.87 bits per heavy atom. The van der Waals surface area contributed by atoms with Crippen LogP contribution in [0, 0.1) is 11.8 Å². The number of nitrogens with one attached hydrogen (secondary N) is 2. The van der Waals surface area contributed by atoms with Gasteiger partial charge < -0.3 is 15.4 Å². The number of carbonyl (C=O) groups excluding carboxylic acids is 1. The van der Waals surface area contributed by atoms with Gasteiger partial charge in [-0.05, 0) is 43.9 Å². The fourth-order valence-electron chi connectivity index (χ4n) is 4.56. The third kappa shape index (κ3) is 5.07. The van der Waals surface area contributed by atoms with Gasteiger partial charge in [0.05, 0.1) is 18.8 Å². The highest BCUT2D eigenvalue weighted by Crippen LogP contribution is 2.33. The SMILES string of the molecule is CC1CCCCC1OCCNC(=O)C1CC2CCCCC2N1.Cl. The van der Waals surface area contributed by atoms with Crippen LogP contribution in [0.25, 0.3) is 0 Å². The first-order valence-corrected chi connectivity index (χ1v) is 9.39. The first-order chi connectivity index (χ1) is 10.7. The summed E-state index contributed by atoms with van der Waals surface area (Å²) in [6.45, 7) is 3.59. The maximum atomic E-state index is 12.3. The van der Waals surface area contributed by atoms with Crippen molar-refractivity contribution in [3.05, 3.63) is 0 Å². The van der Waals surface area contributed by atoms with Crippen LogP contribution < -0.4 is 10.6 Å². The van der Waals surface area contributed by atoms with Crippen LogP contribution in [-0.2, 0) is 9.53 Å². The van der Waals surface area contributed by atoms with Crippen molar-refractivity contribution >= 4 is 18.3 Å². The topological polar surface area (TPSA) is 50.4 Å². The van der Waals surface area contributed by atoms with Gasteiger partial charge in [0.25, 0.3) is 0 Å². The molecule has 5 atom stereocenters. The van der Waals surface area contributed by atoms with Crippen molar-refractivity contribution in [1.82, 2.24) is 10.6 Å².